The van der Waals surface area contributed by atoms with Gasteiger partial charge < -0.3 is 14.6 Å². The number of fused-ring (bicyclic) bond motifs is 1. The first-order valence-electron chi connectivity index (χ1n) is 9.75. The van der Waals surface area contributed by atoms with E-state index in [-0.39, 0.29) is 11.9 Å². The Hall–Kier alpha value is -3.68. The van der Waals surface area contributed by atoms with Gasteiger partial charge in [-0.2, -0.15) is 5.10 Å². The van der Waals surface area contributed by atoms with E-state index in [0.717, 1.165) is 17.8 Å². The summed E-state index contributed by atoms with van der Waals surface area (Å²) in [4.78, 5) is 17.7. The highest BCUT2D eigenvalue weighted by molar-refractivity contribution is 6.09. The van der Waals surface area contributed by atoms with Crippen molar-refractivity contribution in [2.45, 2.75) is 33.4 Å². The standard InChI is InChI=1S/C22H23N5O3/c1-5-27-18(9-10-23-27)14(3)25-21(28)17-11-13(2)24-22-19(17)20(26-30-22)15-7-6-8-16(12-15)29-4/h6-12,14H,5H2,1-4H3,(H,25,28). The maximum Gasteiger partial charge on any atom is 0.259 e. The molecule has 1 aromatic carbocycles. The maximum atomic E-state index is 13.3. The maximum absolute atomic E-state index is 13.3. The number of carbonyl (C=O) groups is 1. The van der Waals surface area contributed by atoms with E-state index in [9.17, 15) is 4.79 Å². The minimum absolute atomic E-state index is 0.219. The number of pyridine rings is 1. The van der Waals surface area contributed by atoms with Crippen LogP contribution in [0.5, 0.6) is 5.75 Å². The van der Waals surface area contributed by atoms with E-state index >= 15 is 0 Å². The number of nitrogens with zero attached hydrogens (tertiary/aromatic N) is 4. The predicted octanol–water partition coefficient (Wildman–Crippen LogP) is 3.91. The van der Waals surface area contributed by atoms with E-state index in [4.69, 9.17) is 9.26 Å². The van der Waals surface area contributed by atoms with Gasteiger partial charge in [-0.15, -0.1) is 0 Å². The summed E-state index contributed by atoms with van der Waals surface area (Å²) < 4.78 is 12.6. The summed E-state index contributed by atoms with van der Waals surface area (Å²) in [5.41, 5.74) is 3.73. The van der Waals surface area contributed by atoms with Crippen LogP contribution in [0, 0.1) is 6.92 Å². The number of aromatic nitrogens is 4. The molecule has 4 aromatic rings. The van der Waals surface area contributed by atoms with Gasteiger partial charge in [-0.25, -0.2) is 4.98 Å². The van der Waals surface area contributed by atoms with Gasteiger partial charge in [0.1, 0.15) is 11.4 Å². The lowest BCUT2D eigenvalue weighted by atomic mass is 10.0. The molecule has 8 heteroatoms. The van der Waals surface area contributed by atoms with Crippen LogP contribution in [0.2, 0.25) is 0 Å². The van der Waals surface area contributed by atoms with E-state index in [2.05, 4.69) is 20.6 Å². The molecule has 1 amide bonds. The number of carbonyl (C=O) groups excluding carboxylic acids is 1. The van der Waals surface area contributed by atoms with Crippen LogP contribution in [-0.4, -0.2) is 32.9 Å². The minimum Gasteiger partial charge on any atom is -0.497 e. The summed E-state index contributed by atoms with van der Waals surface area (Å²) in [5.74, 6) is 0.463. The lowest BCUT2D eigenvalue weighted by molar-refractivity contribution is 0.0939. The zero-order chi connectivity index (χ0) is 21.3. The lowest BCUT2D eigenvalue weighted by Crippen LogP contribution is -2.28. The molecule has 4 rings (SSSR count). The summed E-state index contributed by atoms with van der Waals surface area (Å²) in [6.45, 7) is 6.49. The smallest absolute Gasteiger partial charge is 0.259 e. The van der Waals surface area contributed by atoms with Gasteiger partial charge in [0.25, 0.3) is 11.6 Å². The van der Waals surface area contributed by atoms with Crippen molar-refractivity contribution in [1.29, 1.82) is 0 Å². The molecule has 0 radical (unpaired) electrons. The number of amides is 1. The quantitative estimate of drug-likeness (QED) is 0.522. The van der Waals surface area contributed by atoms with Gasteiger partial charge in [0.2, 0.25) is 0 Å². The molecule has 0 bridgehead atoms. The Bertz CT molecular complexity index is 1210. The average Bonchev–Trinajstić information content (AvgIpc) is 3.40. The van der Waals surface area contributed by atoms with Gasteiger partial charge in [0.05, 0.1) is 29.8 Å². The number of rotatable bonds is 6. The zero-order valence-corrected chi connectivity index (χ0v) is 17.3. The zero-order valence-electron chi connectivity index (χ0n) is 17.3. The van der Waals surface area contributed by atoms with Crippen molar-refractivity contribution in [3.05, 3.63) is 59.5 Å². The molecule has 3 aromatic heterocycles. The van der Waals surface area contributed by atoms with Crippen molar-refractivity contribution in [1.82, 2.24) is 25.2 Å². The Morgan fingerprint density at radius 3 is 2.90 bits per heavy atom. The average molecular weight is 405 g/mol. The van der Waals surface area contributed by atoms with Gasteiger partial charge in [-0.05, 0) is 45.0 Å². The second-order valence-electron chi connectivity index (χ2n) is 7.02. The van der Waals surface area contributed by atoms with Crippen LogP contribution < -0.4 is 10.1 Å². The molecule has 0 aliphatic heterocycles. The molecular formula is C22H23N5O3. The topological polar surface area (TPSA) is 95.1 Å². The van der Waals surface area contributed by atoms with E-state index in [1.165, 1.54) is 0 Å². The highest BCUT2D eigenvalue weighted by atomic mass is 16.5. The highest BCUT2D eigenvalue weighted by Crippen LogP contribution is 2.32. The fourth-order valence-corrected chi connectivity index (χ4v) is 3.54. The monoisotopic (exact) mass is 405 g/mol. The van der Waals surface area contributed by atoms with Crippen molar-refractivity contribution in [3.8, 4) is 17.0 Å². The molecule has 0 saturated heterocycles. The van der Waals surface area contributed by atoms with Crippen molar-refractivity contribution in [3.63, 3.8) is 0 Å². The van der Waals surface area contributed by atoms with Crippen LogP contribution in [0.25, 0.3) is 22.4 Å². The van der Waals surface area contributed by atoms with Crippen LogP contribution in [0.4, 0.5) is 0 Å². The largest absolute Gasteiger partial charge is 0.497 e. The molecule has 30 heavy (non-hydrogen) atoms. The second kappa shape index (κ2) is 7.98. The van der Waals surface area contributed by atoms with Gasteiger partial charge in [-0.1, -0.05) is 17.3 Å². The highest BCUT2D eigenvalue weighted by Gasteiger charge is 2.23. The Labute approximate surface area is 173 Å². The summed E-state index contributed by atoms with van der Waals surface area (Å²) in [7, 11) is 1.60. The van der Waals surface area contributed by atoms with Crippen molar-refractivity contribution in [2.75, 3.05) is 7.11 Å². The number of benzene rings is 1. The van der Waals surface area contributed by atoms with E-state index < -0.39 is 0 Å². The fraction of sp³-hybridized carbons (Fsp3) is 0.273. The van der Waals surface area contributed by atoms with Gasteiger partial charge in [0, 0.05) is 24.0 Å². The number of methoxy groups -OCH3 is 1. The number of hydrogen-bond acceptors (Lipinski definition) is 6. The molecular weight excluding hydrogens is 382 g/mol. The molecule has 0 saturated carbocycles. The third-order valence-corrected chi connectivity index (χ3v) is 5.00. The number of ether oxygens (including phenoxy) is 1. The Morgan fingerprint density at radius 1 is 1.30 bits per heavy atom. The molecule has 0 aliphatic carbocycles. The van der Waals surface area contributed by atoms with Crippen molar-refractivity contribution >= 4 is 17.0 Å². The summed E-state index contributed by atoms with van der Waals surface area (Å²) in [6.07, 6.45) is 1.73. The molecule has 1 unspecified atom stereocenters. The second-order valence-corrected chi connectivity index (χ2v) is 7.02. The van der Waals surface area contributed by atoms with Crippen molar-refractivity contribution in [2.24, 2.45) is 0 Å². The van der Waals surface area contributed by atoms with Gasteiger partial charge in [-0.3, -0.25) is 9.48 Å². The predicted molar refractivity (Wildman–Crippen MR) is 112 cm³/mol. The molecule has 0 fully saturated rings. The number of aryl methyl sites for hydroxylation is 2. The van der Waals surface area contributed by atoms with Crippen LogP contribution in [-0.2, 0) is 6.54 Å². The Morgan fingerprint density at radius 2 is 2.13 bits per heavy atom. The van der Waals surface area contributed by atoms with Crippen molar-refractivity contribution < 1.29 is 14.1 Å². The normalized spacial score (nSPS) is 12.1. The van der Waals surface area contributed by atoms with Crippen LogP contribution in [0.15, 0.2) is 47.1 Å². The number of nitrogens with one attached hydrogen (secondary N) is 1. The third kappa shape index (κ3) is 3.52. The lowest BCUT2D eigenvalue weighted by Gasteiger charge is -2.16. The van der Waals surface area contributed by atoms with E-state index in [1.54, 1.807) is 19.4 Å². The third-order valence-electron chi connectivity index (χ3n) is 5.00. The first-order chi connectivity index (χ1) is 14.5. The van der Waals surface area contributed by atoms with Crippen LogP contribution in [0.1, 0.15) is 41.6 Å². The molecule has 1 atom stereocenters. The van der Waals surface area contributed by atoms with Gasteiger partial charge in [0.15, 0.2) is 0 Å². The molecule has 1 N–H and O–H groups in total. The molecule has 0 aliphatic rings. The summed E-state index contributed by atoms with van der Waals surface area (Å²) in [6, 6.07) is 10.9. The first-order valence-corrected chi connectivity index (χ1v) is 9.75. The molecule has 3 heterocycles. The number of hydrogen-bond donors (Lipinski definition) is 1. The van der Waals surface area contributed by atoms with E-state index in [0.29, 0.717) is 33.8 Å². The first kappa shape index (κ1) is 19.6. The Balaban J connectivity index is 1.76. The van der Waals surface area contributed by atoms with E-state index in [1.807, 2.05) is 55.8 Å². The fourth-order valence-electron chi connectivity index (χ4n) is 3.54. The summed E-state index contributed by atoms with van der Waals surface area (Å²) >= 11 is 0. The SMILES string of the molecule is CCn1nccc1C(C)NC(=O)c1cc(C)nc2onc(-c3cccc(OC)c3)c12. The molecule has 0 spiro atoms. The van der Waals surface area contributed by atoms with Gasteiger partial charge >= 0.3 is 0 Å². The molecule has 8 nitrogen and oxygen atoms in total. The Kier molecular flexibility index (Phi) is 5.22. The van der Waals surface area contributed by atoms with Crippen LogP contribution >= 0.6 is 0 Å². The minimum atomic E-state index is -0.228. The van der Waals surface area contributed by atoms with Crippen LogP contribution in [0.3, 0.4) is 0 Å². The molecule has 154 valence electrons. The summed E-state index contributed by atoms with van der Waals surface area (Å²) in [5, 5.41) is 12.1.